The van der Waals surface area contributed by atoms with Gasteiger partial charge in [0.1, 0.15) is 23.0 Å². The number of nitrogens with zero attached hydrogens (tertiary/aromatic N) is 1. The molecule has 1 aliphatic rings. The van der Waals surface area contributed by atoms with Crippen LogP contribution in [0.15, 0.2) is 97.1 Å². The highest BCUT2D eigenvalue weighted by Crippen LogP contribution is 2.18. The number of aliphatic carboxylic acids is 1. The number of carboxylic acid groups (broad SMARTS) is 1. The first kappa shape index (κ1) is 34.7. The predicted molar refractivity (Wildman–Crippen MR) is 186 cm³/mol. The first-order valence-corrected chi connectivity index (χ1v) is 16.5. The fraction of sp³-hybridized carbons (Fsp3) is 0.342. The Labute approximate surface area is 281 Å². The van der Waals surface area contributed by atoms with Crippen molar-refractivity contribution in [2.24, 2.45) is 0 Å². The monoisotopic (exact) mass is 654 g/mol. The summed E-state index contributed by atoms with van der Waals surface area (Å²) in [6.07, 6.45) is 2.62. The highest BCUT2D eigenvalue weighted by atomic mass is 16.4. The number of nitrogens with one attached hydrogen (secondary N) is 3. The third-order valence-corrected chi connectivity index (χ3v) is 8.92. The van der Waals surface area contributed by atoms with E-state index < -0.39 is 5.97 Å². The molecule has 0 saturated carbocycles. The van der Waals surface area contributed by atoms with E-state index in [2.05, 4.69) is 16.0 Å². The number of aromatic hydroxyl groups is 4. The van der Waals surface area contributed by atoms with Crippen molar-refractivity contribution in [3.8, 4) is 23.0 Å². The van der Waals surface area contributed by atoms with E-state index in [4.69, 9.17) is 0 Å². The quantitative estimate of drug-likeness (QED) is 0.127. The van der Waals surface area contributed by atoms with Gasteiger partial charge in [-0.3, -0.25) is 9.69 Å². The number of phenolic OH excluding ortho intramolecular Hbond substituents is 4. The molecule has 0 bridgehead atoms. The second-order valence-corrected chi connectivity index (χ2v) is 12.8. The molecule has 0 amide bonds. The molecule has 10 nitrogen and oxygen atoms in total. The lowest BCUT2D eigenvalue weighted by Gasteiger charge is -2.37. The van der Waals surface area contributed by atoms with Crippen LogP contribution in [0, 0.1) is 0 Å². The SMILES string of the molecule is O=C(O)CN1C[C@H](Cc2ccc(O)cc2)NC[C@H](Cc2ccc(O)cc2)NC[C@H](Cc2ccc(O)cc2)NC[C@@H]1Cc1ccc(O)cc1. The maximum Gasteiger partial charge on any atom is 0.317 e. The Morgan fingerprint density at radius 3 is 1.25 bits per heavy atom. The maximum absolute atomic E-state index is 12.3. The van der Waals surface area contributed by atoms with Crippen LogP contribution in [0.25, 0.3) is 0 Å². The molecule has 0 radical (unpaired) electrons. The number of carboxylic acids is 1. The highest BCUT2D eigenvalue weighted by Gasteiger charge is 2.27. The van der Waals surface area contributed by atoms with E-state index in [9.17, 15) is 30.3 Å². The van der Waals surface area contributed by atoms with Crippen LogP contribution < -0.4 is 16.0 Å². The van der Waals surface area contributed by atoms with Crippen molar-refractivity contribution >= 4 is 5.97 Å². The van der Waals surface area contributed by atoms with Crippen LogP contribution in [0.5, 0.6) is 23.0 Å². The Morgan fingerprint density at radius 2 is 0.854 bits per heavy atom. The lowest BCUT2D eigenvalue weighted by molar-refractivity contribution is -0.139. The summed E-state index contributed by atoms with van der Waals surface area (Å²) < 4.78 is 0. The lowest BCUT2D eigenvalue weighted by Crippen LogP contribution is -2.57. The smallest absolute Gasteiger partial charge is 0.317 e. The van der Waals surface area contributed by atoms with Crippen LogP contribution in [-0.4, -0.2) is 93.3 Å². The van der Waals surface area contributed by atoms with E-state index in [0.717, 1.165) is 22.3 Å². The van der Waals surface area contributed by atoms with Crippen molar-refractivity contribution in [2.45, 2.75) is 49.9 Å². The largest absolute Gasteiger partial charge is 0.508 e. The zero-order chi connectivity index (χ0) is 33.9. The molecule has 254 valence electrons. The Balaban J connectivity index is 1.45. The molecular weight excluding hydrogens is 608 g/mol. The van der Waals surface area contributed by atoms with E-state index in [1.807, 2.05) is 53.4 Å². The molecule has 1 fully saturated rings. The first-order chi connectivity index (χ1) is 23.2. The zero-order valence-corrected chi connectivity index (χ0v) is 27.0. The van der Waals surface area contributed by atoms with E-state index >= 15 is 0 Å². The summed E-state index contributed by atoms with van der Waals surface area (Å²) in [7, 11) is 0. The summed E-state index contributed by atoms with van der Waals surface area (Å²) in [6, 6.07) is 28.4. The van der Waals surface area contributed by atoms with Crippen LogP contribution in [0.2, 0.25) is 0 Å². The van der Waals surface area contributed by atoms with Gasteiger partial charge in [-0.25, -0.2) is 0 Å². The van der Waals surface area contributed by atoms with Gasteiger partial charge < -0.3 is 41.5 Å². The molecular formula is C38H46N4O6. The number of phenols is 4. The molecule has 4 aromatic rings. The zero-order valence-electron chi connectivity index (χ0n) is 27.0. The summed E-state index contributed by atoms with van der Waals surface area (Å²) >= 11 is 0. The third kappa shape index (κ3) is 11.0. The molecule has 0 aromatic heterocycles. The van der Waals surface area contributed by atoms with Gasteiger partial charge in [-0.1, -0.05) is 48.5 Å². The van der Waals surface area contributed by atoms with E-state index in [-0.39, 0.29) is 53.7 Å². The van der Waals surface area contributed by atoms with Crippen LogP contribution >= 0.6 is 0 Å². The summed E-state index contributed by atoms with van der Waals surface area (Å²) in [4.78, 5) is 14.3. The van der Waals surface area contributed by atoms with Gasteiger partial charge in [0.05, 0.1) is 6.54 Å². The second-order valence-electron chi connectivity index (χ2n) is 12.8. The van der Waals surface area contributed by atoms with Gasteiger partial charge in [-0.2, -0.15) is 0 Å². The van der Waals surface area contributed by atoms with Gasteiger partial charge in [0.15, 0.2) is 0 Å². The molecule has 10 heteroatoms. The number of benzene rings is 4. The molecule has 8 N–H and O–H groups in total. The number of hydrogen-bond acceptors (Lipinski definition) is 9. The van der Waals surface area contributed by atoms with E-state index in [1.54, 1.807) is 48.5 Å². The molecule has 4 atom stereocenters. The van der Waals surface area contributed by atoms with E-state index in [1.165, 1.54) is 0 Å². The minimum Gasteiger partial charge on any atom is -0.508 e. The van der Waals surface area contributed by atoms with Gasteiger partial charge in [-0.15, -0.1) is 0 Å². The Morgan fingerprint density at radius 1 is 0.521 bits per heavy atom. The summed E-state index contributed by atoms with van der Waals surface area (Å²) in [5.41, 5.74) is 4.17. The third-order valence-electron chi connectivity index (χ3n) is 8.92. The second kappa shape index (κ2) is 17.0. The molecule has 0 unspecified atom stereocenters. The minimum absolute atomic E-state index is 0.00178. The maximum atomic E-state index is 12.3. The van der Waals surface area contributed by atoms with Gasteiger partial charge in [-0.05, 0) is 96.5 Å². The van der Waals surface area contributed by atoms with Crippen molar-refractivity contribution in [1.82, 2.24) is 20.9 Å². The minimum atomic E-state index is -0.909. The van der Waals surface area contributed by atoms with Crippen molar-refractivity contribution in [3.05, 3.63) is 119 Å². The number of rotatable bonds is 10. The fourth-order valence-electron chi connectivity index (χ4n) is 6.34. The predicted octanol–water partition coefficient (Wildman–Crippen LogP) is 3.42. The normalized spacial score (nSPS) is 21.2. The summed E-state index contributed by atoms with van der Waals surface area (Å²) in [6.45, 7) is 2.09. The van der Waals surface area contributed by atoms with Crippen molar-refractivity contribution in [1.29, 1.82) is 0 Å². The van der Waals surface area contributed by atoms with Crippen molar-refractivity contribution in [2.75, 3.05) is 32.7 Å². The fourth-order valence-corrected chi connectivity index (χ4v) is 6.34. The average Bonchev–Trinajstić information content (AvgIpc) is 3.06. The number of carbonyl (C=O) groups is 1. The standard InChI is InChI=1S/C38H46N4O6/c43-34-9-1-26(2-10-34)17-30-22-40-32(19-28-5-13-36(45)14-6-28)24-42(25-38(47)48)33(20-29-7-15-37(46)16-8-29)23-41-31(21-39-30)18-27-3-11-35(44)12-4-27/h1-16,30-33,39-41,43-46H,17-25H2,(H,47,48)/t30-,31-,32-,33-/m0/s1. The van der Waals surface area contributed by atoms with Gasteiger partial charge in [0, 0.05) is 50.3 Å². The Hall–Kier alpha value is -4.61. The molecule has 5 rings (SSSR count). The average molecular weight is 655 g/mol. The molecule has 1 aliphatic heterocycles. The molecule has 1 saturated heterocycles. The summed E-state index contributed by atoms with van der Waals surface area (Å²) in [5.74, 6) is -0.107. The van der Waals surface area contributed by atoms with Crippen LogP contribution in [0.4, 0.5) is 0 Å². The van der Waals surface area contributed by atoms with Crippen LogP contribution in [0.3, 0.4) is 0 Å². The molecule has 1 heterocycles. The van der Waals surface area contributed by atoms with Crippen LogP contribution in [0.1, 0.15) is 22.3 Å². The Bertz CT molecular complexity index is 1570. The van der Waals surface area contributed by atoms with Crippen molar-refractivity contribution in [3.63, 3.8) is 0 Å². The first-order valence-electron chi connectivity index (χ1n) is 16.5. The highest BCUT2D eigenvalue weighted by molar-refractivity contribution is 5.69. The molecule has 4 aromatic carbocycles. The van der Waals surface area contributed by atoms with Gasteiger partial charge in [0.25, 0.3) is 0 Å². The molecule has 0 aliphatic carbocycles. The Kier molecular flexibility index (Phi) is 12.3. The van der Waals surface area contributed by atoms with E-state index in [0.29, 0.717) is 51.9 Å². The topological polar surface area (TPSA) is 158 Å². The van der Waals surface area contributed by atoms with Gasteiger partial charge in [0.2, 0.25) is 0 Å². The van der Waals surface area contributed by atoms with Gasteiger partial charge >= 0.3 is 5.97 Å². The lowest BCUT2D eigenvalue weighted by atomic mass is 9.98. The van der Waals surface area contributed by atoms with Crippen LogP contribution in [-0.2, 0) is 30.5 Å². The number of hydrogen-bond donors (Lipinski definition) is 8. The molecule has 0 spiro atoms. The van der Waals surface area contributed by atoms with Crippen molar-refractivity contribution < 1.29 is 30.3 Å². The molecule has 48 heavy (non-hydrogen) atoms. The summed E-state index contributed by atoms with van der Waals surface area (Å²) in [5, 5.41) is 60.9.